The van der Waals surface area contributed by atoms with Crippen molar-refractivity contribution in [1.29, 1.82) is 0 Å². The highest BCUT2D eigenvalue weighted by Crippen LogP contribution is 2.29. The van der Waals surface area contributed by atoms with E-state index in [0.29, 0.717) is 24.9 Å². The zero-order valence-electron chi connectivity index (χ0n) is 11.3. The normalized spacial score (nSPS) is 23.1. The smallest absolute Gasteiger partial charge is 0.256 e. The number of halogens is 1. The van der Waals surface area contributed by atoms with Crippen molar-refractivity contribution in [1.82, 2.24) is 4.90 Å². The fraction of sp³-hybridized carbons (Fsp3) is 0.462. The van der Waals surface area contributed by atoms with Crippen LogP contribution in [0.25, 0.3) is 0 Å². The fourth-order valence-electron chi connectivity index (χ4n) is 2.40. The zero-order valence-corrected chi connectivity index (χ0v) is 12.9. The number of sulfonamides is 1. The standard InChI is InChI=1S/C13H17ClN2O3S/c1-8-6-16(7-9(8)2)13(17)12-10(14)4-3-5-11(12)20(15,18)19/h3-5,8-9H,6-7H2,1-2H3,(H2,15,18,19). The second-order valence-corrected chi connectivity index (χ2v) is 7.26. The summed E-state index contributed by atoms with van der Waals surface area (Å²) in [6.07, 6.45) is 0. The van der Waals surface area contributed by atoms with Crippen LogP contribution in [0.5, 0.6) is 0 Å². The van der Waals surface area contributed by atoms with Crippen LogP contribution < -0.4 is 5.14 Å². The molecule has 7 heteroatoms. The maximum atomic E-state index is 12.5. The van der Waals surface area contributed by atoms with Crippen molar-refractivity contribution in [2.45, 2.75) is 18.7 Å². The van der Waals surface area contributed by atoms with Crippen LogP contribution in [0.15, 0.2) is 23.1 Å². The Morgan fingerprint density at radius 1 is 1.30 bits per heavy atom. The number of likely N-dealkylation sites (tertiary alicyclic amines) is 1. The third kappa shape index (κ3) is 2.82. The highest BCUT2D eigenvalue weighted by molar-refractivity contribution is 7.89. The number of benzene rings is 1. The Labute approximate surface area is 123 Å². The molecule has 5 nitrogen and oxygen atoms in total. The van der Waals surface area contributed by atoms with Crippen LogP contribution in [0, 0.1) is 11.8 Å². The van der Waals surface area contributed by atoms with E-state index in [2.05, 4.69) is 13.8 Å². The summed E-state index contributed by atoms with van der Waals surface area (Å²) in [5.41, 5.74) is -0.0297. The van der Waals surface area contributed by atoms with Crippen LogP contribution in [0.3, 0.4) is 0 Å². The minimum Gasteiger partial charge on any atom is -0.338 e. The first kappa shape index (κ1) is 15.3. The van der Waals surface area contributed by atoms with Gasteiger partial charge >= 0.3 is 0 Å². The first-order chi connectivity index (χ1) is 9.21. The number of nitrogens with zero attached hydrogens (tertiary/aromatic N) is 1. The number of carbonyl (C=O) groups excluding carboxylic acids is 1. The van der Waals surface area contributed by atoms with Crippen molar-refractivity contribution < 1.29 is 13.2 Å². The molecule has 0 aliphatic carbocycles. The van der Waals surface area contributed by atoms with Crippen LogP contribution in [0.2, 0.25) is 5.02 Å². The summed E-state index contributed by atoms with van der Waals surface area (Å²) in [7, 11) is -3.99. The van der Waals surface area contributed by atoms with Gasteiger partial charge in [-0.15, -0.1) is 0 Å². The van der Waals surface area contributed by atoms with Gasteiger partial charge in [0.25, 0.3) is 5.91 Å². The molecule has 1 aliphatic rings. The van der Waals surface area contributed by atoms with E-state index in [1.165, 1.54) is 18.2 Å². The molecule has 110 valence electrons. The summed E-state index contributed by atoms with van der Waals surface area (Å²) in [6, 6.07) is 4.26. The number of hydrogen-bond donors (Lipinski definition) is 1. The number of carbonyl (C=O) groups is 1. The Kier molecular flexibility index (Phi) is 4.09. The molecule has 0 saturated carbocycles. The van der Waals surface area contributed by atoms with Crippen LogP contribution in [-0.2, 0) is 10.0 Å². The van der Waals surface area contributed by atoms with Gasteiger partial charge in [0.15, 0.2) is 0 Å². The average Bonchev–Trinajstić information content (AvgIpc) is 2.67. The third-order valence-corrected chi connectivity index (χ3v) is 5.04. The quantitative estimate of drug-likeness (QED) is 0.902. The summed E-state index contributed by atoms with van der Waals surface area (Å²) in [5.74, 6) is 0.370. The minimum atomic E-state index is -3.99. The molecule has 2 unspecified atom stereocenters. The Hall–Kier alpha value is -1.11. The van der Waals surface area contributed by atoms with E-state index >= 15 is 0 Å². The Morgan fingerprint density at radius 2 is 1.85 bits per heavy atom. The highest BCUT2D eigenvalue weighted by atomic mass is 35.5. The highest BCUT2D eigenvalue weighted by Gasteiger charge is 2.33. The van der Waals surface area contributed by atoms with E-state index < -0.39 is 10.0 Å². The zero-order chi connectivity index (χ0) is 15.1. The lowest BCUT2D eigenvalue weighted by Gasteiger charge is -2.18. The molecule has 2 N–H and O–H groups in total. The van der Waals surface area contributed by atoms with Gasteiger partial charge in [0.05, 0.1) is 15.5 Å². The predicted octanol–water partition coefficient (Wildman–Crippen LogP) is 1.72. The van der Waals surface area contributed by atoms with E-state index in [4.69, 9.17) is 16.7 Å². The first-order valence-electron chi connectivity index (χ1n) is 6.32. The van der Waals surface area contributed by atoms with Gasteiger partial charge < -0.3 is 4.90 Å². The number of primary sulfonamides is 1. The van der Waals surface area contributed by atoms with E-state index in [9.17, 15) is 13.2 Å². The van der Waals surface area contributed by atoms with E-state index in [1.807, 2.05) is 0 Å². The van der Waals surface area contributed by atoms with Gasteiger partial charge in [0.2, 0.25) is 10.0 Å². The van der Waals surface area contributed by atoms with Gasteiger partial charge in [-0.05, 0) is 24.0 Å². The van der Waals surface area contributed by atoms with Crippen molar-refractivity contribution in [2.75, 3.05) is 13.1 Å². The summed E-state index contributed by atoms with van der Waals surface area (Å²) in [6.45, 7) is 5.31. The molecule has 0 bridgehead atoms. The lowest BCUT2D eigenvalue weighted by atomic mass is 10.0. The largest absolute Gasteiger partial charge is 0.338 e. The number of amides is 1. The molecule has 0 aromatic heterocycles. The molecule has 2 rings (SSSR count). The summed E-state index contributed by atoms with van der Waals surface area (Å²) >= 11 is 6.01. The molecular formula is C13H17ClN2O3S. The van der Waals surface area contributed by atoms with Gasteiger partial charge in [-0.2, -0.15) is 0 Å². The van der Waals surface area contributed by atoms with E-state index in [1.54, 1.807) is 4.90 Å². The van der Waals surface area contributed by atoms with Gasteiger partial charge in [0, 0.05) is 13.1 Å². The van der Waals surface area contributed by atoms with E-state index in [0.717, 1.165) is 0 Å². The molecule has 1 aliphatic heterocycles. The molecule has 1 saturated heterocycles. The molecule has 0 spiro atoms. The van der Waals surface area contributed by atoms with Crippen molar-refractivity contribution in [3.63, 3.8) is 0 Å². The second kappa shape index (κ2) is 5.35. The monoisotopic (exact) mass is 316 g/mol. The van der Waals surface area contributed by atoms with Crippen LogP contribution in [-0.4, -0.2) is 32.3 Å². The summed E-state index contributed by atoms with van der Waals surface area (Å²) in [5, 5.41) is 5.27. The van der Waals surface area contributed by atoms with Crippen molar-refractivity contribution in [3.05, 3.63) is 28.8 Å². The maximum absolute atomic E-state index is 12.5. The van der Waals surface area contributed by atoms with Crippen molar-refractivity contribution in [2.24, 2.45) is 17.0 Å². The SMILES string of the molecule is CC1CN(C(=O)c2c(Cl)cccc2S(N)(=O)=O)CC1C. The lowest BCUT2D eigenvalue weighted by molar-refractivity contribution is 0.0781. The Bertz CT molecular complexity index is 635. The molecule has 0 radical (unpaired) electrons. The third-order valence-electron chi connectivity index (χ3n) is 3.77. The molecule has 20 heavy (non-hydrogen) atoms. The number of nitrogens with two attached hydrogens (primary N) is 1. The molecular weight excluding hydrogens is 300 g/mol. The van der Waals surface area contributed by atoms with Gasteiger partial charge in [-0.3, -0.25) is 4.79 Å². The summed E-state index contributed by atoms with van der Waals surface area (Å²) < 4.78 is 23.2. The molecule has 1 amide bonds. The average molecular weight is 317 g/mol. The number of rotatable bonds is 2. The molecule has 1 aromatic carbocycles. The van der Waals surface area contributed by atoms with Gasteiger partial charge in [-0.1, -0.05) is 31.5 Å². The Morgan fingerprint density at radius 3 is 2.35 bits per heavy atom. The van der Waals surface area contributed by atoms with Crippen LogP contribution in [0.4, 0.5) is 0 Å². The maximum Gasteiger partial charge on any atom is 0.256 e. The topological polar surface area (TPSA) is 80.5 Å². The molecule has 1 heterocycles. The predicted molar refractivity (Wildman–Crippen MR) is 77.1 cm³/mol. The molecule has 1 fully saturated rings. The summed E-state index contributed by atoms with van der Waals surface area (Å²) in [4.78, 5) is 14.0. The van der Waals surface area contributed by atoms with Gasteiger partial charge in [0.1, 0.15) is 0 Å². The van der Waals surface area contributed by atoms with Crippen molar-refractivity contribution >= 4 is 27.5 Å². The number of hydrogen-bond acceptors (Lipinski definition) is 3. The molecule has 1 aromatic rings. The lowest BCUT2D eigenvalue weighted by Crippen LogP contribution is -2.31. The fourth-order valence-corrected chi connectivity index (χ4v) is 3.46. The van der Waals surface area contributed by atoms with Gasteiger partial charge in [-0.25, -0.2) is 13.6 Å². The van der Waals surface area contributed by atoms with Crippen LogP contribution in [0.1, 0.15) is 24.2 Å². The molecule has 2 atom stereocenters. The van der Waals surface area contributed by atoms with Crippen LogP contribution >= 0.6 is 11.6 Å². The van der Waals surface area contributed by atoms with Crippen molar-refractivity contribution in [3.8, 4) is 0 Å². The first-order valence-corrected chi connectivity index (χ1v) is 8.25. The minimum absolute atomic E-state index is 0.0297. The Balaban J connectivity index is 2.46. The van der Waals surface area contributed by atoms with E-state index in [-0.39, 0.29) is 21.4 Å². The second-order valence-electron chi connectivity index (χ2n) is 5.32.